The average Bonchev–Trinajstić information content (AvgIpc) is 3.02. The van der Waals surface area contributed by atoms with E-state index in [1.165, 1.54) is 24.3 Å². The quantitative estimate of drug-likeness (QED) is 0.424. The van der Waals surface area contributed by atoms with Crippen molar-refractivity contribution in [1.29, 1.82) is 5.26 Å². The molecule has 1 aromatic heterocycles. The van der Waals surface area contributed by atoms with E-state index in [1.807, 2.05) is 0 Å². The van der Waals surface area contributed by atoms with Gasteiger partial charge in [-0.05, 0) is 24.3 Å². The van der Waals surface area contributed by atoms with Crippen LogP contribution in [0, 0.1) is 11.3 Å². The first-order chi connectivity index (χ1) is 15.6. The molecule has 0 fully saturated rings. The Morgan fingerprint density at radius 2 is 1.56 bits per heavy atom. The first kappa shape index (κ1) is 25.7. The van der Waals surface area contributed by atoms with E-state index < -0.39 is 70.7 Å². The summed E-state index contributed by atoms with van der Waals surface area (Å²) in [6.07, 6.45) is -10.3. The molecule has 0 radical (unpaired) electrons. The van der Waals surface area contributed by atoms with Crippen molar-refractivity contribution in [3.05, 3.63) is 69.3 Å². The zero-order valence-electron chi connectivity index (χ0n) is 16.3. The second-order valence-electron chi connectivity index (χ2n) is 6.74. The molecule has 3 rings (SSSR count). The largest absolute Gasteiger partial charge is 0.416 e. The first-order valence-corrected chi connectivity index (χ1v) is 11.1. The van der Waals surface area contributed by atoms with Gasteiger partial charge in [-0.2, -0.15) is 36.7 Å². The fraction of sp³-hybridized carbons (Fsp3) is 0.158. The zero-order valence-corrected chi connectivity index (χ0v) is 18.6. The topological polar surface area (TPSA) is 102 Å². The zero-order chi connectivity index (χ0) is 25.6. The number of rotatable bonds is 4. The Balaban J connectivity index is 2.32. The van der Waals surface area contributed by atoms with Crippen LogP contribution >= 0.6 is 23.2 Å². The molecule has 0 aliphatic rings. The molecule has 0 spiro atoms. The number of aromatic nitrogens is 2. The molecular weight excluding hydrogens is 533 g/mol. The van der Waals surface area contributed by atoms with Crippen molar-refractivity contribution in [3.63, 3.8) is 0 Å². The fourth-order valence-corrected chi connectivity index (χ4v) is 5.48. The van der Waals surface area contributed by atoms with Gasteiger partial charge in [-0.1, -0.05) is 41.4 Å². The number of nitriles is 1. The van der Waals surface area contributed by atoms with Crippen LogP contribution in [0.25, 0.3) is 5.69 Å². The maximum absolute atomic E-state index is 14.1. The summed E-state index contributed by atoms with van der Waals surface area (Å²) in [7, 11) is -5.21. The monoisotopic (exact) mass is 542 g/mol. The number of benzene rings is 2. The molecule has 2 aromatic carbocycles. The van der Waals surface area contributed by atoms with Gasteiger partial charge in [-0.15, -0.1) is 0 Å². The molecule has 180 valence electrons. The lowest BCUT2D eigenvalue weighted by molar-refractivity contribution is -0.137. The third-order valence-electron chi connectivity index (χ3n) is 4.56. The Kier molecular flexibility index (Phi) is 6.55. The van der Waals surface area contributed by atoms with Crippen molar-refractivity contribution in [2.24, 2.45) is 0 Å². The highest BCUT2D eigenvalue weighted by atomic mass is 35.5. The number of hydrogen-bond acceptors (Lipinski definition) is 5. The van der Waals surface area contributed by atoms with E-state index in [4.69, 9.17) is 28.9 Å². The van der Waals surface area contributed by atoms with Crippen LogP contribution in [0.15, 0.2) is 47.4 Å². The third kappa shape index (κ3) is 4.53. The van der Waals surface area contributed by atoms with Crippen LogP contribution < -0.4 is 5.73 Å². The van der Waals surface area contributed by atoms with E-state index in [9.17, 15) is 40.0 Å². The molecule has 0 bridgehead atoms. The van der Waals surface area contributed by atoms with Crippen molar-refractivity contribution < 1.29 is 34.8 Å². The van der Waals surface area contributed by atoms with Gasteiger partial charge in [0.25, 0.3) is 0 Å². The number of sulfone groups is 1. The number of nitrogens with two attached hydrogens (primary N) is 1. The molecule has 15 heteroatoms. The molecule has 34 heavy (non-hydrogen) atoms. The highest BCUT2D eigenvalue weighted by Gasteiger charge is 2.53. The van der Waals surface area contributed by atoms with E-state index in [-0.39, 0.29) is 0 Å². The van der Waals surface area contributed by atoms with Gasteiger partial charge < -0.3 is 5.73 Å². The summed E-state index contributed by atoms with van der Waals surface area (Å²) in [5.74, 6) is -0.998. The Morgan fingerprint density at radius 3 is 2.00 bits per heavy atom. The minimum atomic E-state index is -5.46. The van der Waals surface area contributed by atoms with Crippen molar-refractivity contribution in [2.45, 2.75) is 22.5 Å². The van der Waals surface area contributed by atoms with Crippen LogP contribution in [0.5, 0.6) is 0 Å². The highest BCUT2D eigenvalue weighted by molar-refractivity contribution is 7.91. The first-order valence-electron chi connectivity index (χ1n) is 8.81. The summed E-state index contributed by atoms with van der Waals surface area (Å²) in [6, 6.07) is 7.80. The number of anilines is 1. The standard InChI is InChI=1S/C19H10Cl2F6N4O2S/c20-11-6-9(18(22,23)24)7-12(21)15(11)31-17(29)14(13(8-28)30-31)16(19(25,26)27)34(32,33)10-4-2-1-3-5-10/h1-7,16H,29H2. The third-order valence-corrected chi connectivity index (χ3v) is 7.19. The van der Waals surface area contributed by atoms with Gasteiger partial charge in [0.1, 0.15) is 17.6 Å². The lowest BCUT2D eigenvalue weighted by Crippen LogP contribution is -2.30. The Labute approximate surface area is 198 Å². The van der Waals surface area contributed by atoms with E-state index in [1.54, 1.807) is 0 Å². The van der Waals surface area contributed by atoms with E-state index >= 15 is 0 Å². The lowest BCUT2D eigenvalue weighted by atomic mass is 10.1. The van der Waals surface area contributed by atoms with Crippen molar-refractivity contribution in [3.8, 4) is 11.8 Å². The fourth-order valence-electron chi connectivity index (χ4n) is 3.13. The molecule has 0 amide bonds. The van der Waals surface area contributed by atoms with Gasteiger partial charge in [0, 0.05) is 0 Å². The van der Waals surface area contributed by atoms with Crippen LogP contribution in [0.2, 0.25) is 10.0 Å². The number of nitrogens with zero attached hydrogens (tertiary/aromatic N) is 3. The minimum absolute atomic E-state index is 0.401. The summed E-state index contributed by atoms with van der Waals surface area (Å²) in [5.41, 5.74) is 1.70. The summed E-state index contributed by atoms with van der Waals surface area (Å²) >= 11 is 11.8. The van der Waals surface area contributed by atoms with Crippen molar-refractivity contribution in [2.75, 3.05) is 5.73 Å². The highest BCUT2D eigenvalue weighted by Crippen LogP contribution is 2.47. The average molecular weight is 543 g/mol. The number of nitrogen functional groups attached to an aromatic ring is 1. The second kappa shape index (κ2) is 8.68. The van der Waals surface area contributed by atoms with Gasteiger partial charge in [0.05, 0.1) is 26.1 Å². The molecule has 1 unspecified atom stereocenters. The lowest BCUT2D eigenvalue weighted by Gasteiger charge is -2.21. The van der Waals surface area contributed by atoms with Crippen LogP contribution in [0.3, 0.4) is 0 Å². The summed E-state index contributed by atoms with van der Waals surface area (Å²) < 4.78 is 108. The molecule has 0 aliphatic carbocycles. The maximum Gasteiger partial charge on any atom is 0.416 e. The number of alkyl halides is 6. The normalized spacial score (nSPS) is 13.5. The minimum Gasteiger partial charge on any atom is -0.383 e. The molecule has 0 aliphatic heterocycles. The number of hydrogen-bond donors (Lipinski definition) is 1. The predicted molar refractivity (Wildman–Crippen MR) is 110 cm³/mol. The number of halogens is 8. The van der Waals surface area contributed by atoms with Gasteiger partial charge in [-0.25, -0.2) is 13.1 Å². The summed E-state index contributed by atoms with van der Waals surface area (Å²) in [6.45, 7) is 0. The van der Waals surface area contributed by atoms with Gasteiger partial charge in [-0.3, -0.25) is 0 Å². The maximum atomic E-state index is 14.1. The Bertz CT molecular complexity index is 1370. The SMILES string of the molecule is N#Cc1nn(-c2c(Cl)cc(C(F)(F)F)cc2Cl)c(N)c1C(C(F)(F)F)S(=O)(=O)c1ccccc1. The second-order valence-corrected chi connectivity index (χ2v) is 9.58. The summed E-state index contributed by atoms with van der Waals surface area (Å²) in [4.78, 5) is -0.709. The van der Waals surface area contributed by atoms with E-state index in [0.717, 1.165) is 12.1 Å². The summed E-state index contributed by atoms with van der Waals surface area (Å²) in [5, 5.41) is 8.22. The van der Waals surface area contributed by atoms with Crippen molar-refractivity contribution >= 4 is 38.9 Å². The smallest absolute Gasteiger partial charge is 0.383 e. The predicted octanol–water partition coefficient (Wildman–Crippen LogP) is 5.73. The Hall–Kier alpha value is -2.95. The van der Waals surface area contributed by atoms with Crippen LogP contribution in [0.1, 0.15) is 22.1 Å². The molecule has 0 saturated heterocycles. The molecule has 2 N–H and O–H groups in total. The molecule has 3 aromatic rings. The Morgan fingerprint density at radius 1 is 1.03 bits per heavy atom. The molecular formula is C19H10Cl2F6N4O2S. The van der Waals surface area contributed by atoms with Gasteiger partial charge >= 0.3 is 12.4 Å². The van der Waals surface area contributed by atoms with E-state index in [0.29, 0.717) is 16.8 Å². The van der Waals surface area contributed by atoms with Crippen LogP contribution in [-0.4, -0.2) is 24.4 Å². The molecule has 6 nitrogen and oxygen atoms in total. The van der Waals surface area contributed by atoms with Crippen molar-refractivity contribution in [1.82, 2.24) is 9.78 Å². The molecule has 1 atom stereocenters. The molecule has 1 heterocycles. The van der Waals surface area contributed by atoms with Crippen LogP contribution in [0.4, 0.5) is 32.2 Å². The van der Waals surface area contributed by atoms with Gasteiger partial charge in [0.2, 0.25) is 0 Å². The van der Waals surface area contributed by atoms with E-state index in [2.05, 4.69) is 5.10 Å². The van der Waals surface area contributed by atoms with Gasteiger partial charge in [0.15, 0.2) is 20.8 Å². The molecule has 0 saturated carbocycles. The van der Waals surface area contributed by atoms with Crippen LogP contribution in [-0.2, 0) is 16.0 Å².